The molecule has 13 atom stereocenters. The van der Waals surface area contributed by atoms with Crippen LogP contribution < -0.4 is 5.32 Å². The van der Waals surface area contributed by atoms with Crippen LogP contribution in [0.4, 0.5) is 0 Å². The third-order valence-corrected chi connectivity index (χ3v) is 16.7. The Morgan fingerprint density at radius 3 is 2.19 bits per heavy atom. The van der Waals surface area contributed by atoms with Crippen LogP contribution in [0.1, 0.15) is 139 Å². The topological polar surface area (TPSA) is 188 Å². The molecule has 3 unspecified atom stereocenters. The SMILES string of the molecule is CC(=O)O[C@H]1[C@H](OC(C)=O)[C@@H](n2cc(CNC(=O)[C@]34CCC(C)(C)CC3C3=CCC5[C@@]6(C)CC[C@H](O)C(C)(C)C6CC[C@@]5(C)[C@]3(C)C[C@H]4O)nn2)OC[C@H]1OC(C)=O. The molecule has 0 spiro atoms. The van der Waals surface area contributed by atoms with Gasteiger partial charge in [0.05, 0.1) is 37.0 Å². The van der Waals surface area contributed by atoms with Crippen LogP contribution in [0.3, 0.4) is 0 Å². The quantitative estimate of drug-likeness (QED) is 0.182. The third-order valence-electron chi connectivity index (χ3n) is 16.7. The molecule has 1 aromatic heterocycles. The molecule has 7 rings (SSSR count). The zero-order valence-electron chi connectivity index (χ0n) is 36.1. The third kappa shape index (κ3) is 6.71. The van der Waals surface area contributed by atoms with E-state index in [1.807, 2.05) is 0 Å². The molecule has 1 aliphatic heterocycles. The Morgan fingerprint density at radius 2 is 1.52 bits per heavy atom. The lowest BCUT2D eigenvalue weighted by atomic mass is 9.33. The monoisotopic (exact) mass is 810 g/mol. The summed E-state index contributed by atoms with van der Waals surface area (Å²) in [6.45, 7) is 19.9. The summed E-state index contributed by atoms with van der Waals surface area (Å²) >= 11 is 0. The van der Waals surface area contributed by atoms with Gasteiger partial charge in [0.25, 0.3) is 0 Å². The van der Waals surface area contributed by atoms with Gasteiger partial charge in [0, 0.05) is 20.8 Å². The van der Waals surface area contributed by atoms with Crippen LogP contribution in [0, 0.1) is 50.2 Å². The van der Waals surface area contributed by atoms with E-state index in [2.05, 4.69) is 70.2 Å². The molecule has 1 aromatic rings. The maximum absolute atomic E-state index is 14.8. The van der Waals surface area contributed by atoms with E-state index in [-0.39, 0.29) is 58.2 Å². The number of aromatic nitrogens is 3. The van der Waals surface area contributed by atoms with Gasteiger partial charge >= 0.3 is 17.9 Å². The number of aliphatic hydroxyl groups excluding tert-OH is 2. The Bertz CT molecular complexity index is 1840. The van der Waals surface area contributed by atoms with Crippen molar-refractivity contribution in [2.75, 3.05) is 6.61 Å². The van der Waals surface area contributed by atoms with E-state index < -0.39 is 54.0 Å². The maximum Gasteiger partial charge on any atom is 0.303 e. The molecule has 2 heterocycles. The van der Waals surface area contributed by atoms with Gasteiger partial charge in [-0.2, -0.15) is 0 Å². The number of carbonyl (C=O) groups is 4. The van der Waals surface area contributed by atoms with Gasteiger partial charge in [0.2, 0.25) is 5.91 Å². The van der Waals surface area contributed by atoms with Crippen LogP contribution in [0.5, 0.6) is 0 Å². The summed E-state index contributed by atoms with van der Waals surface area (Å²) in [7, 11) is 0. The lowest BCUT2D eigenvalue weighted by Crippen LogP contribution is -2.68. The van der Waals surface area contributed by atoms with Crippen molar-refractivity contribution in [1.82, 2.24) is 20.3 Å². The van der Waals surface area contributed by atoms with E-state index in [1.54, 1.807) is 6.20 Å². The Labute approximate surface area is 342 Å². The van der Waals surface area contributed by atoms with Crippen LogP contribution >= 0.6 is 0 Å². The van der Waals surface area contributed by atoms with E-state index >= 15 is 0 Å². The number of nitrogens with one attached hydrogen (secondary N) is 1. The summed E-state index contributed by atoms with van der Waals surface area (Å²) in [6.07, 6.45) is 5.85. The molecule has 0 aromatic carbocycles. The lowest BCUT2D eigenvalue weighted by molar-refractivity contribution is -0.241. The Hall–Kier alpha value is -3.36. The first-order chi connectivity index (χ1) is 27.0. The van der Waals surface area contributed by atoms with Gasteiger partial charge in [0.1, 0.15) is 5.69 Å². The predicted molar refractivity (Wildman–Crippen MR) is 210 cm³/mol. The molecule has 322 valence electrons. The van der Waals surface area contributed by atoms with Crippen molar-refractivity contribution in [3.8, 4) is 0 Å². The second-order valence-corrected chi connectivity index (χ2v) is 20.7. The number of ether oxygens (including phenoxy) is 4. The highest BCUT2D eigenvalue weighted by molar-refractivity contribution is 5.85. The van der Waals surface area contributed by atoms with E-state index in [0.29, 0.717) is 30.4 Å². The first-order valence-corrected chi connectivity index (χ1v) is 21.4. The average molecular weight is 811 g/mol. The van der Waals surface area contributed by atoms with Crippen molar-refractivity contribution >= 4 is 23.8 Å². The standard InChI is InChI=1S/C44H66N4O10/c1-24(49)56-30-23-55-37(36(58-26(3)51)35(30)57-25(2)50)48-22-27(46-47-48)21-45-38(54)44-18-17-39(4,5)19-29(44)28-11-12-32-41(8)15-14-33(52)40(6,7)31(41)13-16-42(32,9)43(28,10)20-34(44)53/h11,22,29-37,52-53H,12-21,23H2,1-10H3,(H,45,54)/t29?,30-,31?,32?,33+,34-,35-,36+,37+,41+,42-,43-,44-/m1/s1. The summed E-state index contributed by atoms with van der Waals surface area (Å²) in [4.78, 5) is 51.0. The Balaban J connectivity index is 1.15. The predicted octanol–water partition coefficient (Wildman–Crippen LogP) is 5.35. The molecule has 1 amide bonds. The van der Waals surface area contributed by atoms with Gasteiger partial charge in [-0.25, -0.2) is 4.68 Å². The number of fused-ring (bicyclic) bond motifs is 7. The lowest BCUT2D eigenvalue weighted by Gasteiger charge is -2.71. The summed E-state index contributed by atoms with van der Waals surface area (Å²) in [5, 5.41) is 35.4. The van der Waals surface area contributed by atoms with Crippen LogP contribution in [0.25, 0.3) is 0 Å². The summed E-state index contributed by atoms with van der Waals surface area (Å²) in [5.41, 5.74) is 0.224. The summed E-state index contributed by atoms with van der Waals surface area (Å²) < 4.78 is 23.7. The maximum atomic E-state index is 14.8. The zero-order valence-corrected chi connectivity index (χ0v) is 36.1. The van der Waals surface area contributed by atoms with Gasteiger partial charge in [-0.15, -0.1) is 5.10 Å². The van der Waals surface area contributed by atoms with Gasteiger partial charge in [-0.05, 0) is 103 Å². The number of allylic oxidation sites excluding steroid dienone is 2. The van der Waals surface area contributed by atoms with E-state index in [4.69, 9.17) is 18.9 Å². The van der Waals surface area contributed by atoms with Crippen molar-refractivity contribution in [3.63, 3.8) is 0 Å². The molecule has 0 bridgehead atoms. The van der Waals surface area contributed by atoms with Crippen LogP contribution in [0.2, 0.25) is 0 Å². The van der Waals surface area contributed by atoms with Gasteiger partial charge < -0.3 is 34.5 Å². The normalized spacial score (nSPS) is 42.6. The van der Waals surface area contributed by atoms with Crippen molar-refractivity contribution in [3.05, 3.63) is 23.5 Å². The minimum absolute atomic E-state index is 0.0161. The van der Waals surface area contributed by atoms with Gasteiger partial charge in [-0.3, -0.25) is 19.2 Å². The largest absolute Gasteiger partial charge is 0.456 e. The van der Waals surface area contributed by atoms with Gasteiger partial charge in [-0.1, -0.05) is 65.3 Å². The van der Waals surface area contributed by atoms with Crippen molar-refractivity contribution in [2.45, 2.75) is 170 Å². The number of amides is 1. The second-order valence-electron chi connectivity index (χ2n) is 20.7. The minimum Gasteiger partial charge on any atom is -0.456 e. The highest BCUT2D eigenvalue weighted by Gasteiger charge is 2.71. The smallest absolute Gasteiger partial charge is 0.303 e. The molecule has 14 heteroatoms. The van der Waals surface area contributed by atoms with E-state index in [1.165, 1.54) is 31.0 Å². The Morgan fingerprint density at radius 1 is 0.845 bits per heavy atom. The molecule has 58 heavy (non-hydrogen) atoms. The van der Waals surface area contributed by atoms with Crippen molar-refractivity contribution < 1.29 is 48.3 Å². The van der Waals surface area contributed by atoms with Crippen molar-refractivity contribution in [2.24, 2.45) is 50.2 Å². The fourth-order valence-corrected chi connectivity index (χ4v) is 13.5. The highest BCUT2D eigenvalue weighted by Crippen LogP contribution is 2.75. The molecule has 6 aliphatic rings. The molecular weight excluding hydrogens is 745 g/mol. The van der Waals surface area contributed by atoms with Crippen LogP contribution in [-0.4, -0.2) is 86.1 Å². The first-order valence-electron chi connectivity index (χ1n) is 21.4. The number of aliphatic hydroxyl groups is 2. The van der Waals surface area contributed by atoms with Crippen LogP contribution in [0.15, 0.2) is 17.8 Å². The zero-order chi connectivity index (χ0) is 42.4. The fraction of sp³-hybridized carbons (Fsp3) is 0.818. The molecular formula is C44H66N4O10. The number of carbonyl (C=O) groups excluding carboxylic acids is 4. The van der Waals surface area contributed by atoms with Crippen LogP contribution in [-0.2, 0) is 44.7 Å². The molecule has 5 aliphatic carbocycles. The fourth-order valence-electron chi connectivity index (χ4n) is 13.5. The number of rotatable bonds is 7. The minimum atomic E-state index is -1.22. The number of hydrogen-bond donors (Lipinski definition) is 3. The summed E-state index contributed by atoms with van der Waals surface area (Å²) in [6, 6.07) is 0. The highest BCUT2D eigenvalue weighted by atomic mass is 16.6. The summed E-state index contributed by atoms with van der Waals surface area (Å²) in [5.74, 6) is -1.48. The second kappa shape index (κ2) is 14.7. The Kier molecular flexibility index (Phi) is 10.8. The van der Waals surface area contributed by atoms with Gasteiger partial charge in [0.15, 0.2) is 24.5 Å². The first kappa shape index (κ1) is 42.8. The number of esters is 3. The molecule has 5 fully saturated rings. The van der Waals surface area contributed by atoms with Crippen molar-refractivity contribution in [1.29, 1.82) is 0 Å². The molecule has 14 nitrogen and oxygen atoms in total. The van der Waals surface area contributed by atoms with E-state index in [9.17, 15) is 29.4 Å². The number of nitrogens with zero attached hydrogens (tertiary/aromatic N) is 3. The molecule has 0 radical (unpaired) electrons. The molecule has 4 saturated carbocycles. The number of hydrogen-bond acceptors (Lipinski definition) is 12. The van der Waals surface area contributed by atoms with E-state index in [0.717, 1.165) is 44.9 Å². The average Bonchev–Trinajstić information content (AvgIpc) is 3.59. The molecule has 1 saturated heterocycles. The molecule has 3 N–H and O–H groups in total.